The first kappa shape index (κ1) is 31.3. The van der Waals surface area contributed by atoms with Crippen LogP contribution < -0.4 is 15.5 Å². The molecule has 7 rings (SSSR count). The fraction of sp³-hybridized carbons (Fsp3) is 0.263. The van der Waals surface area contributed by atoms with E-state index < -0.39 is 4.92 Å². The van der Waals surface area contributed by atoms with Crippen molar-refractivity contribution in [3.8, 4) is 0 Å². The van der Waals surface area contributed by atoms with Gasteiger partial charge in [0.2, 0.25) is 17.6 Å². The lowest BCUT2D eigenvalue weighted by atomic mass is 9.96. The maximum atomic E-state index is 12.3. The van der Waals surface area contributed by atoms with Crippen LogP contribution in [-0.4, -0.2) is 77.0 Å². The quantitative estimate of drug-likeness (QED) is 0.158. The van der Waals surface area contributed by atoms with Gasteiger partial charge < -0.3 is 15.5 Å². The van der Waals surface area contributed by atoms with Crippen molar-refractivity contribution in [2.45, 2.75) is 12.1 Å². The average molecular weight is 641 g/mol. The van der Waals surface area contributed by atoms with E-state index in [1.165, 1.54) is 22.3 Å². The van der Waals surface area contributed by atoms with Gasteiger partial charge in [0, 0.05) is 52.4 Å². The number of piperazine rings is 2. The highest BCUT2D eigenvalue weighted by Crippen LogP contribution is 2.36. The number of nitro groups is 1. The molecule has 0 atom stereocenters. The Hall–Kier alpha value is -5.32. The summed E-state index contributed by atoms with van der Waals surface area (Å²) >= 11 is 0. The lowest BCUT2D eigenvalue weighted by Gasteiger charge is -2.41. The van der Waals surface area contributed by atoms with E-state index in [0.29, 0.717) is 51.0 Å². The van der Waals surface area contributed by atoms with Gasteiger partial charge in [-0.1, -0.05) is 121 Å². The Balaban J connectivity index is 1.10. The van der Waals surface area contributed by atoms with Crippen molar-refractivity contribution in [2.75, 3.05) is 67.9 Å². The predicted molar refractivity (Wildman–Crippen MR) is 190 cm³/mol. The molecule has 4 aromatic carbocycles. The topological polar surface area (TPSA) is 108 Å². The van der Waals surface area contributed by atoms with Crippen molar-refractivity contribution >= 4 is 23.3 Å². The van der Waals surface area contributed by atoms with Crippen LogP contribution in [0, 0.1) is 10.1 Å². The number of nitrogen functional groups attached to an aromatic ring is 1. The van der Waals surface area contributed by atoms with Gasteiger partial charge in [-0.15, -0.1) is 0 Å². The molecule has 2 aliphatic rings. The second-order valence-electron chi connectivity index (χ2n) is 12.3. The lowest BCUT2D eigenvalue weighted by molar-refractivity contribution is -0.383. The van der Waals surface area contributed by atoms with E-state index in [-0.39, 0.29) is 23.6 Å². The van der Waals surface area contributed by atoms with Gasteiger partial charge >= 0.3 is 5.69 Å². The van der Waals surface area contributed by atoms with Crippen LogP contribution in [0.1, 0.15) is 34.3 Å². The zero-order valence-corrected chi connectivity index (χ0v) is 26.9. The van der Waals surface area contributed by atoms with Crippen LogP contribution in [0.15, 0.2) is 121 Å². The van der Waals surface area contributed by atoms with Gasteiger partial charge in [-0.3, -0.25) is 19.9 Å². The molecule has 0 radical (unpaired) electrons. The van der Waals surface area contributed by atoms with E-state index in [2.05, 4.69) is 117 Å². The van der Waals surface area contributed by atoms with Crippen LogP contribution in [0.2, 0.25) is 0 Å². The summed E-state index contributed by atoms with van der Waals surface area (Å²) in [6.45, 7) is 5.50. The standard InChI is InChI=1S/C38H40N8O2/c39-36-35(46(47)48)37(44-25-21-42(22-26-44)33(29-13-5-1-6-14-29)30-15-7-2-8-16-30)41-38(40-36)45-27-23-43(24-28-45)34(31-17-9-3-10-18-31)32-19-11-4-12-20-32/h1-20,33-34H,21-28H2,(H2,39,40,41). The molecule has 0 spiro atoms. The maximum absolute atomic E-state index is 12.3. The largest absolute Gasteiger partial charge is 0.378 e. The molecule has 0 aliphatic carbocycles. The Morgan fingerprint density at radius 2 is 0.896 bits per heavy atom. The molecule has 0 amide bonds. The fourth-order valence-corrected chi connectivity index (χ4v) is 7.13. The number of rotatable bonds is 9. The Bertz CT molecular complexity index is 1720. The minimum atomic E-state index is -0.445. The molecule has 3 heterocycles. The number of anilines is 3. The maximum Gasteiger partial charge on any atom is 0.353 e. The predicted octanol–water partition coefficient (Wildman–Crippen LogP) is 5.79. The number of hydrogen-bond donors (Lipinski definition) is 1. The summed E-state index contributed by atoms with van der Waals surface area (Å²) in [5.41, 5.74) is 11.0. The number of nitrogens with zero attached hydrogens (tertiary/aromatic N) is 7. The first-order chi connectivity index (χ1) is 23.6. The van der Waals surface area contributed by atoms with Crippen LogP contribution in [-0.2, 0) is 0 Å². The third-order valence-electron chi connectivity index (χ3n) is 9.47. The first-order valence-corrected chi connectivity index (χ1v) is 16.6. The van der Waals surface area contributed by atoms with Crippen molar-refractivity contribution in [2.24, 2.45) is 0 Å². The Morgan fingerprint density at radius 3 is 1.25 bits per heavy atom. The zero-order chi connectivity index (χ0) is 32.9. The highest BCUT2D eigenvalue weighted by molar-refractivity contribution is 5.71. The van der Waals surface area contributed by atoms with Gasteiger partial charge in [0.1, 0.15) is 0 Å². The molecule has 244 valence electrons. The van der Waals surface area contributed by atoms with E-state index in [9.17, 15) is 10.1 Å². The summed E-state index contributed by atoms with van der Waals surface area (Å²) in [4.78, 5) is 30.2. The van der Waals surface area contributed by atoms with E-state index in [4.69, 9.17) is 10.7 Å². The van der Waals surface area contributed by atoms with Crippen molar-refractivity contribution in [3.63, 3.8) is 0 Å². The van der Waals surface area contributed by atoms with Crippen LogP contribution in [0.3, 0.4) is 0 Å². The fourth-order valence-electron chi connectivity index (χ4n) is 7.13. The molecule has 10 heteroatoms. The summed E-state index contributed by atoms with van der Waals surface area (Å²) in [5.74, 6) is 0.646. The third kappa shape index (κ3) is 6.58. The minimum Gasteiger partial charge on any atom is -0.378 e. The second-order valence-corrected chi connectivity index (χ2v) is 12.3. The van der Waals surface area contributed by atoms with Crippen molar-refractivity contribution in [3.05, 3.63) is 154 Å². The Morgan fingerprint density at radius 1 is 0.542 bits per heavy atom. The van der Waals surface area contributed by atoms with Crippen LogP contribution >= 0.6 is 0 Å². The van der Waals surface area contributed by atoms with E-state index >= 15 is 0 Å². The van der Waals surface area contributed by atoms with Gasteiger partial charge in [0.25, 0.3) is 0 Å². The van der Waals surface area contributed by atoms with Gasteiger partial charge in [0.15, 0.2) is 0 Å². The summed E-state index contributed by atoms with van der Waals surface area (Å²) in [5, 5.41) is 12.3. The summed E-state index contributed by atoms with van der Waals surface area (Å²) in [6, 6.07) is 42.3. The van der Waals surface area contributed by atoms with Gasteiger partial charge in [0.05, 0.1) is 17.0 Å². The Kier molecular flexibility index (Phi) is 9.26. The molecule has 1 aromatic heterocycles. The number of aromatic nitrogens is 2. The molecule has 0 bridgehead atoms. The minimum absolute atomic E-state index is 0.0856. The highest BCUT2D eigenvalue weighted by atomic mass is 16.6. The molecule has 0 unspecified atom stereocenters. The summed E-state index contributed by atoms with van der Waals surface area (Å²) < 4.78 is 0. The van der Waals surface area contributed by atoms with Gasteiger partial charge in [-0.25, -0.2) is 0 Å². The van der Waals surface area contributed by atoms with E-state index in [1.807, 2.05) is 29.2 Å². The molecule has 10 nitrogen and oxygen atoms in total. The first-order valence-electron chi connectivity index (χ1n) is 16.6. The molecule has 2 saturated heterocycles. The monoisotopic (exact) mass is 640 g/mol. The molecular weight excluding hydrogens is 600 g/mol. The molecule has 0 saturated carbocycles. The van der Waals surface area contributed by atoms with Gasteiger partial charge in [-0.2, -0.15) is 9.97 Å². The summed E-state index contributed by atoms with van der Waals surface area (Å²) in [7, 11) is 0. The lowest BCUT2D eigenvalue weighted by Crippen LogP contribution is -2.49. The second kappa shape index (κ2) is 14.2. The van der Waals surface area contributed by atoms with E-state index in [0.717, 1.165) is 13.1 Å². The average Bonchev–Trinajstić information content (AvgIpc) is 3.14. The van der Waals surface area contributed by atoms with Crippen molar-refractivity contribution in [1.29, 1.82) is 0 Å². The van der Waals surface area contributed by atoms with Crippen LogP contribution in [0.4, 0.5) is 23.3 Å². The number of hydrogen-bond acceptors (Lipinski definition) is 9. The summed E-state index contributed by atoms with van der Waals surface area (Å²) in [6.07, 6.45) is 0. The normalized spacial score (nSPS) is 16.0. The molecular formula is C38H40N8O2. The van der Waals surface area contributed by atoms with E-state index in [1.54, 1.807) is 0 Å². The van der Waals surface area contributed by atoms with Gasteiger partial charge in [-0.05, 0) is 22.3 Å². The van der Waals surface area contributed by atoms with Crippen LogP contribution in [0.5, 0.6) is 0 Å². The van der Waals surface area contributed by atoms with Crippen molar-refractivity contribution in [1.82, 2.24) is 19.8 Å². The molecule has 48 heavy (non-hydrogen) atoms. The zero-order valence-electron chi connectivity index (χ0n) is 26.9. The number of benzene rings is 4. The smallest absolute Gasteiger partial charge is 0.353 e. The molecule has 5 aromatic rings. The van der Waals surface area contributed by atoms with Crippen molar-refractivity contribution < 1.29 is 4.92 Å². The highest BCUT2D eigenvalue weighted by Gasteiger charge is 2.34. The molecule has 2 aliphatic heterocycles. The SMILES string of the molecule is Nc1nc(N2CCN(C(c3ccccc3)c3ccccc3)CC2)nc(N2CCN(C(c3ccccc3)c3ccccc3)CC2)c1[N+](=O)[O-]. The molecule has 2 fully saturated rings. The Labute approximate surface area is 281 Å². The number of nitrogens with two attached hydrogens (primary N) is 1. The third-order valence-corrected chi connectivity index (χ3v) is 9.47. The van der Waals surface area contributed by atoms with Crippen LogP contribution in [0.25, 0.3) is 0 Å². The molecule has 2 N–H and O–H groups in total.